The molecule has 2 aromatic heterocycles. The number of nitrogens with one attached hydrogen (secondary N) is 1. The molecule has 0 saturated carbocycles. The quantitative estimate of drug-likeness (QED) is 0.802. The summed E-state index contributed by atoms with van der Waals surface area (Å²) in [7, 11) is 1.90. The van der Waals surface area contributed by atoms with Crippen molar-refractivity contribution in [3.63, 3.8) is 0 Å². The molecule has 2 heterocycles. The van der Waals surface area contributed by atoms with E-state index in [0.29, 0.717) is 5.82 Å². The van der Waals surface area contributed by atoms with Gasteiger partial charge in [0.15, 0.2) is 5.82 Å². The number of rotatable bonds is 3. The maximum atomic E-state index is 4.63. The van der Waals surface area contributed by atoms with Crippen LogP contribution in [0.5, 0.6) is 0 Å². The lowest BCUT2D eigenvalue weighted by Gasteiger charge is -2.06. The molecule has 100 valence electrons. The number of hydrogen-bond acceptors (Lipinski definition) is 4. The number of aromatic nitrogens is 3. The summed E-state index contributed by atoms with van der Waals surface area (Å²) in [5, 5.41) is 4.17. The molecule has 3 rings (SSSR count). The molecule has 0 spiro atoms. The Morgan fingerprint density at radius 2 is 1.90 bits per heavy atom. The maximum absolute atomic E-state index is 4.63. The third-order valence-electron chi connectivity index (χ3n) is 2.98. The number of nitrogens with zero attached hydrogens (tertiary/aromatic N) is 3. The van der Waals surface area contributed by atoms with Crippen molar-refractivity contribution in [1.82, 2.24) is 20.3 Å². The fourth-order valence-electron chi connectivity index (χ4n) is 2.02. The average molecular weight is 329 g/mol. The number of para-hydroxylation sites is 1. The van der Waals surface area contributed by atoms with Gasteiger partial charge in [-0.3, -0.25) is 0 Å². The lowest BCUT2D eigenvalue weighted by molar-refractivity contribution is 0.807. The van der Waals surface area contributed by atoms with E-state index >= 15 is 0 Å². The van der Waals surface area contributed by atoms with Gasteiger partial charge in [0.25, 0.3) is 0 Å². The predicted molar refractivity (Wildman–Crippen MR) is 83.2 cm³/mol. The van der Waals surface area contributed by atoms with Crippen LogP contribution in [0.15, 0.2) is 47.2 Å². The van der Waals surface area contributed by atoms with E-state index in [9.17, 15) is 0 Å². The molecule has 0 fully saturated rings. The van der Waals surface area contributed by atoms with Crippen LogP contribution in [-0.2, 0) is 6.54 Å². The number of pyridine rings is 1. The maximum Gasteiger partial charge on any atom is 0.179 e. The largest absolute Gasteiger partial charge is 0.316 e. The fourth-order valence-corrected chi connectivity index (χ4v) is 2.53. The van der Waals surface area contributed by atoms with Gasteiger partial charge in [0.05, 0.1) is 5.52 Å². The molecule has 0 aliphatic heterocycles. The predicted octanol–water partition coefficient (Wildman–Crippen LogP) is 3.17. The van der Waals surface area contributed by atoms with E-state index in [2.05, 4.69) is 36.2 Å². The van der Waals surface area contributed by atoms with Crippen molar-refractivity contribution < 1.29 is 0 Å². The molecule has 0 radical (unpaired) electrons. The zero-order chi connectivity index (χ0) is 13.9. The summed E-state index contributed by atoms with van der Waals surface area (Å²) >= 11 is 3.55. The first-order valence-electron chi connectivity index (χ1n) is 6.29. The summed E-state index contributed by atoms with van der Waals surface area (Å²) in [6.07, 6.45) is 3.64. The molecule has 1 aromatic carbocycles. The van der Waals surface area contributed by atoms with Gasteiger partial charge >= 0.3 is 0 Å². The van der Waals surface area contributed by atoms with Gasteiger partial charge in [0.2, 0.25) is 0 Å². The lowest BCUT2D eigenvalue weighted by atomic mass is 10.2. The fraction of sp³-hybridized carbons (Fsp3) is 0.133. The van der Waals surface area contributed by atoms with Crippen LogP contribution in [0.1, 0.15) is 5.56 Å². The molecule has 0 atom stereocenters. The number of benzene rings is 1. The first kappa shape index (κ1) is 13.1. The van der Waals surface area contributed by atoms with Crippen molar-refractivity contribution in [2.24, 2.45) is 0 Å². The Balaban J connectivity index is 2.06. The highest BCUT2D eigenvalue weighted by Gasteiger charge is 2.09. The van der Waals surface area contributed by atoms with Gasteiger partial charge < -0.3 is 5.32 Å². The summed E-state index contributed by atoms with van der Waals surface area (Å²) in [6.45, 7) is 0.757. The first-order chi connectivity index (χ1) is 9.78. The van der Waals surface area contributed by atoms with Crippen LogP contribution in [0.25, 0.3) is 22.4 Å². The molecule has 0 amide bonds. The van der Waals surface area contributed by atoms with Gasteiger partial charge in [-0.1, -0.05) is 18.2 Å². The van der Waals surface area contributed by atoms with Crippen molar-refractivity contribution in [1.29, 1.82) is 0 Å². The van der Waals surface area contributed by atoms with Crippen LogP contribution in [0, 0.1) is 0 Å². The minimum absolute atomic E-state index is 0.627. The number of halogens is 1. The minimum Gasteiger partial charge on any atom is -0.316 e. The molecule has 0 aliphatic carbocycles. The monoisotopic (exact) mass is 328 g/mol. The Labute approximate surface area is 125 Å². The Bertz CT molecular complexity index is 740. The highest BCUT2D eigenvalue weighted by molar-refractivity contribution is 9.10. The van der Waals surface area contributed by atoms with Crippen LogP contribution in [-0.4, -0.2) is 22.0 Å². The van der Waals surface area contributed by atoms with Crippen LogP contribution in [0.4, 0.5) is 0 Å². The second kappa shape index (κ2) is 5.64. The molecule has 20 heavy (non-hydrogen) atoms. The summed E-state index contributed by atoms with van der Waals surface area (Å²) in [5.74, 6) is 0.627. The van der Waals surface area contributed by atoms with Crippen molar-refractivity contribution in [3.8, 4) is 11.5 Å². The van der Waals surface area contributed by atoms with E-state index < -0.39 is 0 Å². The van der Waals surface area contributed by atoms with Crippen molar-refractivity contribution in [2.45, 2.75) is 6.54 Å². The van der Waals surface area contributed by atoms with E-state index in [-0.39, 0.29) is 0 Å². The summed E-state index contributed by atoms with van der Waals surface area (Å²) < 4.78 is 0.901. The average Bonchev–Trinajstić information content (AvgIpc) is 2.48. The molecular formula is C15H13BrN4. The highest BCUT2D eigenvalue weighted by atomic mass is 79.9. The zero-order valence-corrected chi connectivity index (χ0v) is 12.6. The third-order valence-corrected chi connectivity index (χ3v) is 3.58. The summed E-state index contributed by atoms with van der Waals surface area (Å²) in [5.41, 5.74) is 2.75. The van der Waals surface area contributed by atoms with Gasteiger partial charge in [-0.25, -0.2) is 15.0 Å². The Morgan fingerprint density at radius 3 is 2.65 bits per heavy atom. The topological polar surface area (TPSA) is 50.7 Å². The number of fused-ring (bicyclic) bond motifs is 1. The van der Waals surface area contributed by atoms with E-state index in [1.807, 2.05) is 49.8 Å². The van der Waals surface area contributed by atoms with Crippen LogP contribution in [0.2, 0.25) is 0 Å². The molecule has 0 unspecified atom stereocenters. The summed E-state index contributed by atoms with van der Waals surface area (Å²) in [4.78, 5) is 13.4. The van der Waals surface area contributed by atoms with Crippen molar-refractivity contribution >= 4 is 26.8 Å². The highest BCUT2D eigenvalue weighted by Crippen LogP contribution is 2.27. The van der Waals surface area contributed by atoms with Gasteiger partial charge in [0, 0.05) is 34.4 Å². The minimum atomic E-state index is 0.627. The molecule has 0 bridgehead atoms. The Kier molecular flexibility index (Phi) is 3.71. The van der Waals surface area contributed by atoms with E-state index in [4.69, 9.17) is 0 Å². The number of hydrogen-bond donors (Lipinski definition) is 1. The molecule has 3 aromatic rings. The normalized spacial score (nSPS) is 10.9. The molecule has 4 nitrogen and oxygen atoms in total. The smallest absolute Gasteiger partial charge is 0.179 e. The summed E-state index contributed by atoms with van der Waals surface area (Å²) in [6, 6.07) is 10.0. The molecule has 1 N–H and O–H groups in total. The van der Waals surface area contributed by atoms with E-state index in [0.717, 1.165) is 33.2 Å². The first-order valence-corrected chi connectivity index (χ1v) is 7.08. The SMILES string of the molecule is CNCc1cnc(-c2nc3ccccc3cc2Br)nc1. The van der Waals surface area contributed by atoms with Crippen molar-refractivity contribution in [3.05, 3.63) is 52.8 Å². The molecule has 0 aliphatic rings. The van der Waals surface area contributed by atoms with Gasteiger partial charge in [-0.05, 0) is 35.1 Å². The molecule has 5 heteroatoms. The zero-order valence-electron chi connectivity index (χ0n) is 11.0. The second-order valence-corrected chi connectivity index (χ2v) is 5.31. The standard InChI is InChI=1S/C15H13BrN4/c1-17-7-10-8-18-15(19-9-10)14-12(16)6-11-4-2-3-5-13(11)20-14/h2-6,8-9,17H,7H2,1H3. The van der Waals surface area contributed by atoms with Gasteiger partial charge in [0.1, 0.15) is 5.69 Å². The van der Waals surface area contributed by atoms with E-state index in [1.165, 1.54) is 0 Å². The lowest BCUT2D eigenvalue weighted by Crippen LogP contribution is -2.06. The second-order valence-electron chi connectivity index (χ2n) is 4.46. The van der Waals surface area contributed by atoms with Crippen LogP contribution < -0.4 is 5.32 Å². The van der Waals surface area contributed by atoms with E-state index in [1.54, 1.807) is 0 Å². The Hall–Kier alpha value is -1.85. The van der Waals surface area contributed by atoms with Crippen molar-refractivity contribution in [2.75, 3.05) is 7.05 Å². The third kappa shape index (κ3) is 2.55. The van der Waals surface area contributed by atoms with Crippen LogP contribution in [0.3, 0.4) is 0 Å². The van der Waals surface area contributed by atoms with Gasteiger partial charge in [-0.15, -0.1) is 0 Å². The molecular weight excluding hydrogens is 316 g/mol. The van der Waals surface area contributed by atoms with Gasteiger partial charge in [-0.2, -0.15) is 0 Å². The van der Waals surface area contributed by atoms with Crippen LogP contribution >= 0.6 is 15.9 Å². The molecule has 0 saturated heterocycles. The Morgan fingerprint density at radius 1 is 1.15 bits per heavy atom.